The highest BCUT2D eigenvalue weighted by atomic mass is 32.2. The molecule has 1 saturated heterocycles. The van der Waals surface area contributed by atoms with E-state index in [4.69, 9.17) is 14.2 Å². The number of nitrogens with one attached hydrogen (secondary N) is 3. The normalized spacial score (nSPS) is 19.5. The molecule has 1 aromatic heterocycles. The van der Waals surface area contributed by atoms with Gasteiger partial charge in [0.1, 0.15) is 12.9 Å². The van der Waals surface area contributed by atoms with Crippen molar-refractivity contribution in [1.29, 1.82) is 0 Å². The zero-order chi connectivity index (χ0) is 31.6. The number of carbonyl (C=O) groups excluding carboxylic acids is 2. The molecule has 0 radical (unpaired) electrons. The molecule has 5 rings (SSSR count). The molecule has 4 N–H and O–H groups in total. The van der Waals surface area contributed by atoms with Crippen LogP contribution in [0.4, 0.5) is 4.79 Å². The number of rotatable bonds is 12. The largest absolute Gasteiger partial charge is 0.465 e. The van der Waals surface area contributed by atoms with Gasteiger partial charge in [-0.15, -0.1) is 0 Å². The van der Waals surface area contributed by atoms with Crippen LogP contribution in [0.3, 0.4) is 0 Å². The minimum atomic E-state index is -0.582. The van der Waals surface area contributed by atoms with Crippen molar-refractivity contribution >= 4 is 23.8 Å². The van der Waals surface area contributed by atoms with Gasteiger partial charge in [0.15, 0.2) is 11.4 Å². The van der Waals surface area contributed by atoms with Gasteiger partial charge < -0.3 is 30.0 Å². The SMILES string of the molecule is CCOC(=O)CNC(=O)NCc1cccc(-c2ccc([C@H]3O[C@@H](CSc4ncn[nH]4)[C@@H](C)[C@@H](c4ccc(CO)cc4)O3)cc2)c1. The van der Waals surface area contributed by atoms with Crippen molar-refractivity contribution in [1.82, 2.24) is 25.8 Å². The Hall–Kier alpha value is -4.23. The Bertz CT molecular complexity index is 1530. The van der Waals surface area contributed by atoms with Gasteiger partial charge >= 0.3 is 12.0 Å². The van der Waals surface area contributed by atoms with Gasteiger partial charge in [-0.2, -0.15) is 5.10 Å². The van der Waals surface area contributed by atoms with Gasteiger partial charge in [-0.05, 0) is 40.8 Å². The Morgan fingerprint density at radius 2 is 1.76 bits per heavy atom. The topological polar surface area (TPSA) is 148 Å². The summed E-state index contributed by atoms with van der Waals surface area (Å²) in [5, 5.41) is 22.3. The average Bonchev–Trinajstić information content (AvgIpc) is 3.60. The van der Waals surface area contributed by atoms with Gasteiger partial charge in [-0.1, -0.05) is 85.4 Å². The number of nitrogens with zero attached hydrogens (tertiary/aromatic N) is 2. The molecule has 11 nitrogen and oxygen atoms in total. The number of aliphatic hydroxyl groups excluding tert-OH is 1. The van der Waals surface area contributed by atoms with Gasteiger partial charge in [0.25, 0.3) is 0 Å². The van der Waals surface area contributed by atoms with Crippen molar-refractivity contribution < 1.29 is 28.9 Å². The molecule has 4 aromatic rings. The Balaban J connectivity index is 1.27. The third-order valence-electron chi connectivity index (χ3n) is 7.50. The maximum atomic E-state index is 12.1. The van der Waals surface area contributed by atoms with E-state index in [9.17, 15) is 14.7 Å². The summed E-state index contributed by atoms with van der Waals surface area (Å²) in [4.78, 5) is 27.8. The van der Waals surface area contributed by atoms with Crippen LogP contribution in [0.25, 0.3) is 11.1 Å². The van der Waals surface area contributed by atoms with Crippen molar-refractivity contribution in [2.75, 3.05) is 18.9 Å². The fraction of sp³-hybridized carbons (Fsp3) is 0.333. The summed E-state index contributed by atoms with van der Waals surface area (Å²) in [6, 6.07) is 23.4. The van der Waals surface area contributed by atoms with Crippen LogP contribution in [0.2, 0.25) is 0 Å². The van der Waals surface area contributed by atoms with E-state index in [-0.39, 0.29) is 37.9 Å². The number of aromatic amines is 1. The lowest BCUT2D eigenvalue weighted by Crippen LogP contribution is -2.38. The molecule has 3 aromatic carbocycles. The number of amides is 2. The standard InChI is InChI=1S/C33H37N5O6S/c1-3-42-29(40)17-35-32(41)34-16-23-5-4-6-27(15-23)24-11-13-26(14-12-24)31-43-28(19-45-33-36-20-37-38-33)21(2)30(44-31)25-9-7-22(18-39)8-10-25/h4-15,20-21,28,30-31,39H,3,16-19H2,1-2H3,(H2,34,35,41)(H,36,37,38)/t21-,28+,30+,31+/m1/s1. The third kappa shape index (κ3) is 8.70. The lowest BCUT2D eigenvalue weighted by molar-refractivity contribution is -0.268. The smallest absolute Gasteiger partial charge is 0.325 e. The fourth-order valence-electron chi connectivity index (χ4n) is 5.04. The number of carbonyl (C=O) groups is 2. The number of ether oxygens (including phenoxy) is 3. The van der Waals surface area contributed by atoms with Crippen molar-refractivity contribution in [3.8, 4) is 11.1 Å². The molecule has 2 amide bonds. The fourth-order valence-corrected chi connectivity index (χ4v) is 5.98. The quantitative estimate of drug-likeness (QED) is 0.126. The first-order valence-corrected chi connectivity index (χ1v) is 15.8. The number of H-pyrrole nitrogens is 1. The monoisotopic (exact) mass is 631 g/mol. The van der Waals surface area contributed by atoms with Crippen molar-refractivity contribution in [3.63, 3.8) is 0 Å². The van der Waals surface area contributed by atoms with Crippen LogP contribution in [0.1, 0.15) is 48.5 Å². The van der Waals surface area contributed by atoms with Crippen molar-refractivity contribution in [3.05, 3.63) is 101 Å². The Morgan fingerprint density at radius 1 is 0.978 bits per heavy atom. The predicted octanol–water partition coefficient (Wildman–Crippen LogP) is 4.91. The number of hydrogen-bond donors (Lipinski definition) is 4. The molecule has 0 aliphatic carbocycles. The van der Waals surface area contributed by atoms with Gasteiger partial charge in [-0.3, -0.25) is 9.89 Å². The number of benzene rings is 3. The molecule has 0 saturated carbocycles. The highest BCUT2D eigenvalue weighted by Gasteiger charge is 2.38. The van der Waals surface area contributed by atoms with E-state index in [1.165, 1.54) is 6.33 Å². The van der Waals surface area contributed by atoms with Crippen molar-refractivity contribution in [2.45, 2.75) is 50.7 Å². The average molecular weight is 632 g/mol. The Morgan fingerprint density at radius 3 is 2.47 bits per heavy atom. The Kier molecular flexibility index (Phi) is 11.2. The minimum absolute atomic E-state index is 0.0121. The first kappa shape index (κ1) is 32.2. The summed E-state index contributed by atoms with van der Waals surface area (Å²) in [5.41, 5.74) is 5.69. The summed E-state index contributed by atoms with van der Waals surface area (Å²) in [6.07, 6.45) is 0.570. The van der Waals surface area contributed by atoms with Gasteiger partial charge in [0.2, 0.25) is 0 Å². The number of aliphatic hydroxyl groups is 1. The second kappa shape index (κ2) is 15.7. The number of hydrogen-bond acceptors (Lipinski definition) is 9. The maximum Gasteiger partial charge on any atom is 0.325 e. The molecule has 2 heterocycles. The van der Waals surface area contributed by atoms with Crippen LogP contribution in [-0.2, 0) is 32.2 Å². The van der Waals surface area contributed by atoms with Gasteiger partial charge in [0.05, 0.1) is 25.4 Å². The molecule has 236 valence electrons. The van der Waals surface area contributed by atoms with E-state index >= 15 is 0 Å². The molecule has 0 spiro atoms. The van der Waals surface area contributed by atoms with Crippen LogP contribution < -0.4 is 10.6 Å². The number of esters is 1. The summed E-state index contributed by atoms with van der Waals surface area (Å²) in [7, 11) is 0. The molecular weight excluding hydrogens is 594 g/mol. The second-order valence-electron chi connectivity index (χ2n) is 10.6. The molecule has 45 heavy (non-hydrogen) atoms. The van der Waals surface area contributed by atoms with E-state index in [0.717, 1.165) is 38.5 Å². The molecule has 1 aliphatic rings. The van der Waals surface area contributed by atoms with Gasteiger partial charge in [-0.25, -0.2) is 9.78 Å². The highest BCUT2D eigenvalue weighted by Crippen LogP contribution is 2.43. The molecule has 1 fully saturated rings. The van der Waals surface area contributed by atoms with E-state index in [2.05, 4.69) is 32.7 Å². The summed E-state index contributed by atoms with van der Waals surface area (Å²) < 4.78 is 17.9. The maximum absolute atomic E-state index is 12.1. The van der Waals surface area contributed by atoms with E-state index in [1.807, 2.05) is 72.8 Å². The van der Waals surface area contributed by atoms with Crippen LogP contribution in [0, 0.1) is 5.92 Å². The summed E-state index contributed by atoms with van der Waals surface area (Å²) in [5.74, 6) is 0.241. The highest BCUT2D eigenvalue weighted by molar-refractivity contribution is 7.99. The van der Waals surface area contributed by atoms with Gasteiger partial charge in [0, 0.05) is 23.8 Å². The first-order valence-electron chi connectivity index (χ1n) is 14.8. The zero-order valence-electron chi connectivity index (χ0n) is 25.1. The summed E-state index contributed by atoms with van der Waals surface area (Å²) in [6.45, 7) is 4.21. The van der Waals surface area contributed by atoms with Crippen LogP contribution >= 0.6 is 11.8 Å². The lowest BCUT2D eigenvalue weighted by atomic mass is 9.91. The number of urea groups is 1. The molecule has 4 atom stereocenters. The van der Waals surface area contributed by atoms with E-state index in [0.29, 0.717) is 12.3 Å². The van der Waals surface area contributed by atoms with Crippen LogP contribution in [-0.4, -0.2) is 57.3 Å². The van der Waals surface area contributed by atoms with E-state index < -0.39 is 18.3 Å². The van der Waals surface area contributed by atoms with Crippen molar-refractivity contribution in [2.24, 2.45) is 5.92 Å². The Labute approximate surface area is 266 Å². The van der Waals surface area contributed by atoms with Crippen LogP contribution in [0.15, 0.2) is 84.3 Å². The van der Waals surface area contributed by atoms with E-state index in [1.54, 1.807) is 18.7 Å². The lowest BCUT2D eigenvalue weighted by Gasteiger charge is -2.41. The molecular formula is C33H37N5O6S. The second-order valence-corrected chi connectivity index (χ2v) is 11.6. The third-order valence-corrected chi connectivity index (χ3v) is 8.46. The number of thioether (sulfide) groups is 1. The number of aromatic nitrogens is 3. The molecule has 12 heteroatoms. The molecule has 0 bridgehead atoms. The summed E-state index contributed by atoms with van der Waals surface area (Å²) >= 11 is 1.56. The molecule has 0 unspecified atom stereocenters. The molecule has 1 aliphatic heterocycles. The van der Waals surface area contributed by atoms with Crippen LogP contribution in [0.5, 0.6) is 0 Å². The zero-order valence-corrected chi connectivity index (χ0v) is 26.0. The first-order chi connectivity index (χ1) is 21.9. The predicted molar refractivity (Wildman–Crippen MR) is 169 cm³/mol. The minimum Gasteiger partial charge on any atom is -0.465 e.